The Kier molecular flexibility index (Phi) is 3.75. The Bertz CT molecular complexity index is 529. The van der Waals surface area contributed by atoms with E-state index in [-0.39, 0.29) is 18.3 Å². The van der Waals surface area contributed by atoms with E-state index in [0.29, 0.717) is 5.69 Å². The quantitative estimate of drug-likeness (QED) is 0.762. The van der Waals surface area contributed by atoms with Crippen LogP contribution >= 0.6 is 12.4 Å². The van der Waals surface area contributed by atoms with Crippen molar-refractivity contribution in [2.45, 2.75) is 19.4 Å². The molecule has 0 fully saturated rings. The smallest absolute Gasteiger partial charge is 0.243 e. The minimum atomic E-state index is -0.886. The topological polar surface area (TPSA) is 83.8 Å². The van der Waals surface area contributed by atoms with E-state index in [9.17, 15) is 4.79 Å². The van der Waals surface area contributed by atoms with E-state index in [2.05, 4.69) is 15.5 Å². The zero-order valence-corrected chi connectivity index (χ0v) is 10.5. The number of benzene rings is 1. The number of nitrogens with zero attached hydrogens (tertiary/aromatic N) is 1. The highest BCUT2D eigenvalue weighted by atomic mass is 35.5. The molecule has 0 bridgehead atoms. The van der Waals surface area contributed by atoms with Gasteiger partial charge in [-0.15, -0.1) is 12.4 Å². The summed E-state index contributed by atoms with van der Waals surface area (Å²) in [6, 6.07) is 5.53. The maximum absolute atomic E-state index is 11.6. The molecule has 0 spiro atoms. The van der Waals surface area contributed by atoms with Crippen LogP contribution in [-0.2, 0) is 4.79 Å². The SMILES string of the molecule is CC(C)(N)C(=O)Nc1ccc2cn[nH]c2c1.Cl. The molecule has 0 aliphatic carbocycles. The number of nitrogens with one attached hydrogen (secondary N) is 2. The van der Waals surface area contributed by atoms with Crippen LogP contribution in [0.5, 0.6) is 0 Å². The second-order valence-electron chi connectivity index (χ2n) is 4.35. The van der Waals surface area contributed by atoms with Gasteiger partial charge in [0.25, 0.3) is 0 Å². The number of aromatic amines is 1. The van der Waals surface area contributed by atoms with Crippen LogP contribution < -0.4 is 11.1 Å². The van der Waals surface area contributed by atoms with E-state index in [0.717, 1.165) is 10.9 Å². The van der Waals surface area contributed by atoms with Crippen LogP contribution in [0.4, 0.5) is 5.69 Å². The number of nitrogens with two attached hydrogens (primary N) is 1. The van der Waals surface area contributed by atoms with E-state index in [4.69, 9.17) is 5.73 Å². The van der Waals surface area contributed by atoms with Crippen molar-refractivity contribution < 1.29 is 4.79 Å². The number of hydrogen-bond acceptors (Lipinski definition) is 3. The molecule has 1 aromatic heterocycles. The first-order chi connectivity index (χ1) is 7.47. The van der Waals surface area contributed by atoms with Gasteiger partial charge in [-0.25, -0.2) is 0 Å². The van der Waals surface area contributed by atoms with Gasteiger partial charge >= 0.3 is 0 Å². The van der Waals surface area contributed by atoms with Gasteiger partial charge in [-0.1, -0.05) is 0 Å². The molecule has 1 heterocycles. The zero-order chi connectivity index (χ0) is 11.8. The number of H-pyrrole nitrogens is 1. The molecule has 92 valence electrons. The first-order valence-corrected chi connectivity index (χ1v) is 5.00. The number of aromatic nitrogens is 2. The average molecular weight is 255 g/mol. The largest absolute Gasteiger partial charge is 0.324 e. The van der Waals surface area contributed by atoms with Crippen LogP contribution in [-0.4, -0.2) is 21.6 Å². The lowest BCUT2D eigenvalue weighted by Crippen LogP contribution is -2.45. The summed E-state index contributed by atoms with van der Waals surface area (Å²) in [6.07, 6.45) is 1.73. The van der Waals surface area contributed by atoms with Crippen molar-refractivity contribution in [2.24, 2.45) is 5.73 Å². The molecule has 2 rings (SSSR count). The van der Waals surface area contributed by atoms with Crippen LogP contribution in [0.3, 0.4) is 0 Å². The van der Waals surface area contributed by atoms with Gasteiger partial charge in [0.05, 0.1) is 17.3 Å². The van der Waals surface area contributed by atoms with Gasteiger partial charge < -0.3 is 11.1 Å². The van der Waals surface area contributed by atoms with Gasteiger partial charge in [-0.3, -0.25) is 9.89 Å². The van der Waals surface area contributed by atoms with Crippen LogP contribution in [0.2, 0.25) is 0 Å². The van der Waals surface area contributed by atoms with Crippen molar-refractivity contribution in [3.63, 3.8) is 0 Å². The second-order valence-corrected chi connectivity index (χ2v) is 4.35. The van der Waals surface area contributed by atoms with Gasteiger partial charge in [0, 0.05) is 11.1 Å². The number of fused-ring (bicyclic) bond motifs is 1. The molecule has 4 N–H and O–H groups in total. The summed E-state index contributed by atoms with van der Waals surface area (Å²) in [5.41, 5.74) is 6.39. The van der Waals surface area contributed by atoms with Crippen LogP contribution in [0.15, 0.2) is 24.4 Å². The van der Waals surface area contributed by atoms with Crippen LogP contribution in [0, 0.1) is 0 Å². The van der Waals surface area contributed by atoms with Crippen molar-refractivity contribution in [3.05, 3.63) is 24.4 Å². The predicted octanol–water partition coefficient (Wildman–Crippen LogP) is 1.66. The highest BCUT2D eigenvalue weighted by Crippen LogP contribution is 2.17. The molecule has 0 aliphatic heterocycles. The third kappa shape index (κ3) is 2.95. The number of carbonyl (C=O) groups excluding carboxylic acids is 1. The molecule has 0 radical (unpaired) electrons. The van der Waals surface area contributed by atoms with Gasteiger partial charge in [0.2, 0.25) is 5.91 Å². The Morgan fingerprint density at radius 2 is 2.18 bits per heavy atom. The maximum atomic E-state index is 11.6. The van der Waals surface area contributed by atoms with Crippen molar-refractivity contribution in [2.75, 3.05) is 5.32 Å². The lowest BCUT2D eigenvalue weighted by atomic mass is 10.1. The molecule has 17 heavy (non-hydrogen) atoms. The number of carbonyl (C=O) groups is 1. The van der Waals surface area contributed by atoms with E-state index in [1.165, 1.54) is 0 Å². The number of amides is 1. The molecular weight excluding hydrogens is 240 g/mol. The number of halogens is 1. The van der Waals surface area contributed by atoms with E-state index in [1.807, 2.05) is 18.2 Å². The molecule has 0 saturated carbocycles. The molecule has 1 amide bonds. The van der Waals surface area contributed by atoms with E-state index < -0.39 is 5.54 Å². The average Bonchev–Trinajstić information content (AvgIpc) is 2.63. The van der Waals surface area contributed by atoms with Gasteiger partial charge in [-0.2, -0.15) is 5.10 Å². The summed E-state index contributed by atoms with van der Waals surface area (Å²) in [5, 5.41) is 10.5. The van der Waals surface area contributed by atoms with E-state index >= 15 is 0 Å². The Morgan fingerprint density at radius 1 is 1.47 bits per heavy atom. The van der Waals surface area contributed by atoms with Crippen LogP contribution in [0.25, 0.3) is 10.9 Å². The summed E-state index contributed by atoms with van der Waals surface area (Å²) in [6.45, 7) is 3.33. The fraction of sp³-hybridized carbons (Fsp3) is 0.273. The lowest BCUT2D eigenvalue weighted by Gasteiger charge is -2.17. The Morgan fingerprint density at radius 3 is 2.82 bits per heavy atom. The summed E-state index contributed by atoms with van der Waals surface area (Å²) in [4.78, 5) is 11.6. The molecule has 2 aromatic rings. The fourth-order valence-corrected chi connectivity index (χ4v) is 1.31. The Hall–Kier alpha value is -1.59. The Labute approximate surface area is 105 Å². The van der Waals surface area contributed by atoms with Crippen molar-refractivity contribution in [1.82, 2.24) is 10.2 Å². The first kappa shape index (κ1) is 13.5. The van der Waals surface area contributed by atoms with Gasteiger partial charge in [0.15, 0.2) is 0 Å². The minimum absolute atomic E-state index is 0. The van der Waals surface area contributed by atoms with Crippen molar-refractivity contribution in [3.8, 4) is 0 Å². The predicted molar refractivity (Wildman–Crippen MR) is 70.2 cm³/mol. The third-order valence-electron chi connectivity index (χ3n) is 2.29. The van der Waals surface area contributed by atoms with Gasteiger partial charge in [0.1, 0.15) is 0 Å². The summed E-state index contributed by atoms with van der Waals surface area (Å²) >= 11 is 0. The van der Waals surface area contributed by atoms with E-state index in [1.54, 1.807) is 20.0 Å². The molecular formula is C11H15ClN4O. The minimum Gasteiger partial charge on any atom is -0.324 e. The summed E-state index contributed by atoms with van der Waals surface area (Å²) in [5.74, 6) is -0.216. The fourth-order valence-electron chi connectivity index (χ4n) is 1.31. The summed E-state index contributed by atoms with van der Waals surface area (Å²) < 4.78 is 0. The monoisotopic (exact) mass is 254 g/mol. The molecule has 5 nitrogen and oxygen atoms in total. The molecule has 0 aliphatic rings. The second kappa shape index (κ2) is 4.73. The first-order valence-electron chi connectivity index (χ1n) is 5.00. The molecule has 0 saturated heterocycles. The highest BCUT2D eigenvalue weighted by Gasteiger charge is 2.21. The van der Waals surface area contributed by atoms with Gasteiger partial charge in [-0.05, 0) is 32.0 Å². The maximum Gasteiger partial charge on any atom is 0.243 e. The lowest BCUT2D eigenvalue weighted by molar-refractivity contribution is -0.120. The zero-order valence-electron chi connectivity index (χ0n) is 9.65. The molecule has 1 aromatic carbocycles. The highest BCUT2D eigenvalue weighted by molar-refractivity contribution is 5.98. The van der Waals surface area contributed by atoms with Crippen molar-refractivity contribution in [1.29, 1.82) is 0 Å². The normalized spacial score (nSPS) is 11.0. The summed E-state index contributed by atoms with van der Waals surface area (Å²) in [7, 11) is 0. The molecule has 0 unspecified atom stereocenters. The van der Waals surface area contributed by atoms with Crippen LogP contribution in [0.1, 0.15) is 13.8 Å². The molecule has 0 atom stereocenters. The number of rotatable bonds is 2. The third-order valence-corrected chi connectivity index (χ3v) is 2.29. The molecule has 6 heteroatoms. The standard InChI is InChI=1S/C11H14N4O.ClH/c1-11(2,12)10(16)14-8-4-3-7-6-13-15-9(7)5-8;/h3-6H,12H2,1-2H3,(H,13,15)(H,14,16);1H. The Balaban J connectivity index is 0.00000144. The van der Waals surface area contributed by atoms with Crippen molar-refractivity contribution >= 4 is 34.9 Å². The number of hydrogen-bond donors (Lipinski definition) is 3. The number of anilines is 1.